The summed E-state index contributed by atoms with van der Waals surface area (Å²) in [4.78, 5) is 11.6. The van der Waals surface area contributed by atoms with Crippen LogP contribution in [0.3, 0.4) is 0 Å². The highest BCUT2D eigenvalue weighted by Gasteiger charge is 2.06. The molecule has 0 aliphatic carbocycles. The predicted molar refractivity (Wildman–Crippen MR) is 72.3 cm³/mol. The summed E-state index contributed by atoms with van der Waals surface area (Å²) in [5.41, 5.74) is 1.62. The number of carbonyl (C=O) groups is 1. The van der Waals surface area contributed by atoms with Gasteiger partial charge in [0.15, 0.2) is 0 Å². The maximum absolute atomic E-state index is 11.6. The van der Waals surface area contributed by atoms with Crippen molar-refractivity contribution in [3.05, 3.63) is 29.8 Å². The Morgan fingerprint density at radius 3 is 3.00 bits per heavy atom. The normalized spacial score (nSPS) is 11.4. The van der Waals surface area contributed by atoms with Gasteiger partial charge in [0.25, 0.3) is 0 Å². The molecule has 18 heavy (non-hydrogen) atoms. The molecule has 0 fully saturated rings. The van der Waals surface area contributed by atoms with Crippen LogP contribution in [-0.4, -0.2) is 32.2 Å². The third-order valence-corrected chi connectivity index (χ3v) is 2.31. The highest BCUT2D eigenvalue weighted by Crippen LogP contribution is 2.08. The van der Waals surface area contributed by atoms with E-state index in [0.29, 0.717) is 6.61 Å². The fraction of sp³-hybridized carbons (Fsp3) is 0.357. The zero-order valence-electron chi connectivity index (χ0n) is 10.7. The molecule has 1 aromatic rings. The first kappa shape index (κ1) is 14.1. The van der Waals surface area contributed by atoms with E-state index in [0.717, 1.165) is 11.3 Å². The van der Waals surface area contributed by atoms with Gasteiger partial charge in [0.05, 0.1) is 13.2 Å². The van der Waals surface area contributed by atoms with Crippen LogP contribution in [0, 0.1) is 12.3 Å². The first-order valence-electron chi connectivity index (χ1n) is 5.74. The fourth-order valence-electron chi connectivity index (χ4n) is 1.52. The first-order valence-corrected chi connectivity index (χ1v) is 5.74. The van der Waals surface area contributed by atoms with Crippen LogP contribution >= 0.6 is 0 Å². The van der Waals surface area contributed by atoms with Gasteiger partial charge in [-0.15, -0.1) is 6.42 Å². The van der Waals surface area contributed by atoms with Crippen molar-refractivity contribution in [2.24, 2.45) is 0 Å². The van der Waals surface area contributed by atoms with Crippen LogP contribution in [0.2, 0.25) is 0 Å². The lowest BCUT2D eigenvalue weighted by Crippen LogP contribution is -2.39. The number of carbonyl (C=O) groups excluding carboxylic acids is 1. The third-order valence-electron chi connectivity index (χ3n) is 2.31. The number of benzene rings is 1. The van der Waals surface area contributed by atoms with Gasteiger partial charge >= 0.3 is 0 Å². The standard InChI is InChI=1S/C14H18N2O2/c1-4-12-6-5-7-13(8-12)15-9-14(17)16-11(2)10-18-3/h1,5-8,11,15H,9-10H2,2-3H3,(H,16,17). The minimum absolute atomic E-state index is 0.00124. The minimum Gasteiger partial charge on any atom is -0.383 e. The topological polar surface area (TPSA) is 50.4 Å². The van der Waals surface area contributed by atoms with E-state index in [1.54, 1.807) is 7.11 Å². The van der Waals surface area contributed by atoms with Crippen LogP contribution in [0.4, 0.5) is 5.69 Å². The van der Waals surface area contributed by atoms with Crippen molar-refractivity contribution in [1.29, 1.82) is 0 Å². The molecule has 1 aromatic carbocycles. The maximum Gasteiger partial charge on any atom is 0.239 e. The quantitative estimate of drug-likeness (QED) is 0.742. The Balaban J connectivity index is 2.40. The van der Waals surface area contributed by atoms with Crippen LogP contribution in [0.15, 0.2) is 24.3 Å². The highest BCUT2D eigenvalue weighted by atomic mass is 16.5. The monoisotopic (exact) mass is 246 g/mol. The fourth-order valence-corrected chi connectivity index (χ4v) is 1.52. The van der Waals surface area contributed by atoms with Crippen molar-refractivity contribution >= 4 is 11.6 Å². The lowest BCUT2D eigenvalue weighted by atomic mass is 10.2. The van der Waals surface area contributed by atoms with Crippen molar-refractivity contribution in [3.8, 4) is 12.3 Å². The molecule has 1 amide bonds. The molecular formula is C14H18N2O2. The molecule has 2 N–H and O–H groups in total. The van der Waals surface area contributed by atoms with Crippen molar-refractivity contribution in [2.75, 3.05) is 25.6 Å². The van der Waals surface area contributed by atoms with Crippen LogP contribution in [0.5, 0.6) is 0 Å². The average Bonchev–Trinajstić information content (AvgIpc) is 2.37. The maximum atomic E-state index is 11.6. The molecule has 96 valence electrons. The number of terminal acetylenes is 1. The van der Waals surface area contributed by atoms with Crippen molar-refractivity contribution in [1.82, 2.24) is 5.32 Å². The van der Waals surface area contributed by atoms with Crippen LogP contribution < -0.4 is 10.6 Å². The number of methoxy groups -OCH3 is 1. The summed E-state index contributed by atoms with van der Waals surface area (Å²) in [7, 11) is 1.60. The van der Waals surface area contributed by atoms with Crippen LogP contribution in [0.1, 0.15) is 12.5 Å². The van der Waals surface area contributed by atoms with Gasteiger partial charge in [-0.1, -0.05) is 12.0 Å². The van der Waals surface area contributed by atoms with Gasteiger partial charge in [0.2, 0.25) is 5.91 Å². The van der Waals surface area contributed by atoms with Crippen LogP contribution in [0.25, 0.3) is 0 Å². The van der Waals surface area contributed by atoms with Crippen molar-refractivity contribution in [2.45, 2.75) is 13.0 Å². The van der Waals surface area contributed by atoms with E-state index < -0.39 is 0 Å². The number of rotatable bonds is 6. The lowest BCUT2D eigenvalue weighted by Gasteiger charge is -2.13. The molecule has 0 saturated heterocycles. The molecular weight excluding hydrogens is 228 g/mol. The van der Waals surface area contributed by atoms with E-state index >= 15 is 0 Å². The Morgan fingerprint density at radius 2 is 2.33 bits per heavy atom. The molecule has 0 saturated carbocycles. The second-order valence-corrected chi connectivity index (χ2v) is 4.00. The molecule has 0 heterocycles. The van der Waals surface area contributed by atoms with Gasteiger partial charge < -0.3 is 15.4 Å². The Bertz CT molecular complexity index is 438. The van der Waals surface area contributed by atoms with Gasteiger partial charge in [-0.3, -0.25) is 4.79 Å². The summed E-state index contributed by atoms with van der Waals surface area (Å²) in [5, 5.41) is 5.83. The van der Waals surface area contributed by atoms with Crippen molar-refractivity contribution < 1.29 is 9.53 Å². The van der Waals surface area contributed by atoms with Crippen LogP contribution in [-0.2, 0) is 9.53 Å². The van der Waals surface area contributed by atoms with E-state index in [9.17, 15) is 4.79 Å². The molecule has 1 rings (SSSR count). The SMILES string of the molecule is C#Cc1cccc(NCC(=O)NC(C)COC)c1. The highest BCUT2D eigenvalue weighted by molar-refractivity contribution is 5.81. The summed E-state index contributed by atoms with van der Waals surface area (Å²) in [6.07, 6.45) is 5.30. The molecule has 4 heteroatoms. The zero-order chi connectivity index (χ0) is 13.4. The van der Waals surface area contributed by atoms with E-state index in [1.807, 2.05) is 31.2 Å². The molecule has 0 spiro atoms. The number of hydrogen-bond donors (Lipinski definition) is 2. The van der Waals surface area contributed by atoms with Crippen molar-refractivity contribution in [3.63, 3.8) is 0 Å². The Morgan fingerprint density at radius 1 is 1.56 bits per heavy atom. The van der Waals surface area contributed by atoms with Gasteiger partial charge in [0.1, 0.15) is 0 Å². The summed E-state index contributed by atoms with van der Waals surface area (Å²) < 4.78 is 4.94. The minimum atomic E-state index is -0.0781. The second kappa shape index (κ2) is 7.36. The number of amides is 1. The molecule has 0 aliphatic rings. The summed E-state index contributed by atoms with van der Waals surface area (Å²) >= 11 is 0. The predicted octanol–water partition coefficient (Wildman–Crippen LogP) is 1.23. The van der Waals surface area contributed by atoms with E-state index in [-0.39, 0.29) is 18.5 Å². The molecule has 0 aromatic heterocycles. The molecule has 4 nitrogen and oxygen atoms in total. The largest absolute Gasteiger partial charge is 0.383 e. The third kappa shape index (κ3) is 4.89. The number of anilines is 1. The lowest BCUT2D eigenvalue weighted by molar-refractivity contribution is -0.120. The van der Waals surface area contributed by atoms with Gasteiger partial charge in [-0.25, -0.2) is 0 Å². The average molecular weight is 246 g/mol. The second-order valence-electron chi connectivity index (χ2n) is 4.00. The summed E-state index contributed by atoms with van der Waals surface area (Å²) in [6.45, 7) is 2.60. The molecule has 0 aliphatic heterocycles. The Kier molecular flexibility index (Phi) is 5.75. The van der Waals surface area contributed by atoms with E-state index in [4.69, 9.17) is 11.2 Å². The van der Waals surface area contributed by atoms with E-state index in [2.05, 4.69) is 16.6 Å². The van der Waals surface area contributed by atoms with Gasteiger partial charge in [-0.2, -0.15) is 0 Å². The molecule has 0 bridgehead atoms. The smallest absolute Gasteiger partial charge is 0.239 e. The molecule has 1 unspecified atom stereocenters. The molecule has 0 radical (unpaired) electrons. The number of hydrogen-bond acceptors (Lipinski definition) is 3. The number of nitrogens with one attached hydrogen (secondary N) is 2. The first-order chi connectivity index (χ1) is 8.65. The van der Waals surface area contributed by atoms with Gasteiger partial charge in [0, 0.05) is 24.4 Å². The van der Waals surface area contributed by atoms with E-state index in [1.165, 1.54) is 0 Å². The number of ether oxygens (including phenoxy) is 1. The summed E-state index contributed by atoms with van der Waals surface area (Å²) in [6, 6.07) is 7.38. The zero-order valence-corrected chi connectivity index (χ0v) is 10.7. The molecule has 1 atom stereocenters. The Labute approximate surface area is 108 Å². The summed E-state index contributed by atoms with van der Waals surface area (Å²) in [5.74, 6) is 2.47. The Hall–Kier alpha value is -1.99. The van der Waals surface area contributed by atoms with Gasteiger partial charge in [-0.05, 0) is 25.1 Å².